The molecule has 0 amide bonds. The highest BCUT2D eigenvalue weighted by Gasteiger charge is 2.21. The molecule has 1 N–H and O–H groups in total. The summed E-state index contributed by atoms with van der Waals surface area (Å²) >= 11 is 0. The molecular formula is C16H27N3. The van der Waals surface area contributed by atoms with Crippen LogP contribution in [0.2, 0.25) is 0 Å². The number of hydrogen-bond acceptors (Lipinski definition) is 3. The summed E-state index contributed by atoms with van der Waals surface area (Å²) in [7, 11) is 2.07. The highest BCUT2D eigenvalue weighted by atomic mass is 15.1. The van der Waals surface area contributed by atoms with Crippen molar-refractivity contribution in [1.82, 2.24) is 15.5 Å². The summed E-state index contributed by atoms with van der Waals surface area (Å²) in [5, 5.41) is 12.1. The van der Waals surface area contributed by atoms with E-state index in [0.29, 0.717) is 6.04 Å². The Morgan fingerprint density at radius 3 is 2.63 bits per heavy atom. The number of nitrogens with one attached hydrogen (secondary N) is 1. The molecule has 1 aromatic rings. The number of hydrogen-bond donors (Lipinski definition) is 1. The van der Waals surface area contributed by atoms with Crippen molar-refractivity contribution in [2.24, 2.45) is 5.92 Å². The van der Waals surface area contributed by atoms with Crippen LogP contribution >= 0.6 is 0 Å². The van der Waals surface area contributed by atoms with Crippen molar-refractivity contribution in [1.29, 1.82) is 0 Å². The van der Waals surface area contributed by atoms with Crippen molar-refractivity contribution in [3.05, 3.63) is 23.0 Å². The molecule has 1 aliphatic carbocycles. The predicted molar refractivity (Wildman–Crippen MR) is 79.1 cm³/mol. The van der Waals surface area contributed by atoms with Crippen molar-refractivity contribution < 1.29 is 0 Å². The van der Waals surface area contributed by atoms with E-state index in [1.54, 1.807) is 0 Å². The zero-order valence-electron chi connectivity index (χ0n) is 12.6. The molecule has 106 valence electrons. The molecule has 2 rings (SSSR count). The molecular weight excluding hydrogens is 234 g/mol. The second kappa shape index (κ2) is 6.99. The quantitative estimate of drug-likeness (QED) is 0.880. The van der Waals surface area contributed by atoms with Crippen LogP contribution in [0.4, 0.5) is 0 Å². The summed E-state index contributed by atoms with van der Waals surface area (Å²) in [6.45, 7) is 4.19. The number of aromatic nitrogens is 2. The summed E-state index contributed by atoms with van der Waals surface area (Å²) < 4.78 is 0. The summed E-state index contributed by atoms with van der Waals surface area (Å²) in [5.74, 6) is 0.879. The Balaban J connectivity index is 2.13. The van der Waals surface area contributed by atoms with Crippen LogP contribution < -0.4 is 5.32 Å². The van der Waals surface area contributed by atoms with E-state index >= 15 is 0 Å². The first-order valence-electron chi connectivity index (χ1n) is 7.75. The Labute approximate surface area is 117 Å². The van der Waals surface area contributed by atoms with Gasteiger partial charge in [-0.3, -0.25) is 0 Å². The Kier molecular flexibility index (Phi) is 5.32. The van der Waals surface area contributed by atoms with Gasteiger partial charge in [-0.1, -0.05) is 39.0 Å². The van der Waals surface area contributed by atoms with Gasteiger partial charge in [0.15, 0.2) is 0 Å². The zero-order chi connectivity index (χ0) is 13.7. The third-order valence-corrected chi connectivity index (χ3v) is 4.38. The lowest BCUT2D eigenvalue weighted by molar-refractivity contribution is 0.305. The van der Waals surface area contributed by atoms with Gasteiger partial charge < -0.3 is 5.32 Å². The first-order chi connectivity index (χ1) is 9.24. The van der Waals surface area contributed by atoms with Crippen LogP contribution in [0.1, 0.15) is 68.4 Å². The van der Waals surface area contributed by atoms with Gasteiger partial charge in [-0.2, -0.15) is 10.2 Å². The van der Waals surface area contributed by atoms with Crippen molar-refractivity contribution >= 4 is 0 Å². The average Bonchev–Trinajstić information content (AvgIpc) is 2.46. The van der Waals surface area contributed by atoms with E-state index < -0.39 is 0 Å². The molecule has 3 heteroatoms. The van der Waals surface area contributed by atoms with Gasteiger partial charge in [-0.05, 0) is 44.4 Å². The Hall–Kier alpha value is -0.960. The maximum atomic E-state index is 4.37. The molecule has 0 spiro atoms. The van der Waals surface area contributed by atoms with E-state index in [9.17, 15) is 0 Å². The average molecular weight is 261 g/mol. The van der Waals surface area contributed by atoms with Gasteiger partial charge in [0.2, 0.25) is 0 Å². The second-order valence-corrected chi connectivity index (χ2v) is 5.82. The number of aryl methyl sites for hydroxylation is 2. The van der Waals surface area contributed by atoms with Crippen molar-refractivity contribution in [2.75, 3.05) is 7.05 Å². The molecule has 1 fully saturated rings. The van der Waals surface area contributed by atoms with Crippen LogP contribution in [0.3, 0.4) is 0 Å². The molecule has 0 saturated heterocycles. The molecule has 1 unspecified atom stereocenters. The van der Waals surface area contributed by atoms with Crippen molar-refractivity contribution in [3.8, 4) is 0 Å². The van der Waals surface area contributed by atoms with Gasteiger partial charge in [0.05, 0.1) is 11.4 Å². The molecule has 1 aromatic heterocycles. The van der Waals surface area contributed by atoms with E-state index in [1.165, 1.54) is 44.1 Å². The lowest BCUT2D eigenvalue weighted by Gasteiger charge is -2.27. The van der Waals surface area contributed by atoms with E-state index in [-0.39, 0.29) is 0 Å². The standard InChI is InChI=1S/C16H27N3/c1-4-15-14(10-12(2)18-19-15)16(17-3)11-13-8-6-5-7-9-13/h10,13,16-17H,4-9,11H2,1-3H3. The van der Waals surface area contributed by atoms with E-state index in [1.807, 2.05) is 6.92 Å². The molecule has 0 bridgehead atoms. The Bertz CT molecular complexity index is 397. The summed E-state index contributed by atoms with van der Waals surface area (Å²) in [4.78, 5) is 0. The largest absolute Gasteiger partial charge is 0.313 e. The van der Waals surface area contributed by atoms with E-state index in [2.05, 4.69) is 35.6 Å². The fraction of sp³-hybridized carbons (Fsp3) is 0.750. The minimum Gasteiger partial charge on any atom is -0.313 e. The smallest absolute Gasteiger partial charge is 0.0676 e. The van der Waals surface area contributed by atoms with Crippen molar-refractivity contribution in [3.63, 3.8) is 0 Å². The fourth-order valence-electron chi connectivity index (χ4n) is 3.27. The van der Waals surface area contributed by atoms with Gasteiger partial charge in [0, 0.05) is 6.04 Å². The van der Waals surface area contributed by atoms with E-state index in [0.717, 1.165) is 23.7 Å². The Morgan fingerprint density at radius 2 is 2.00 bits per heavy atom. The van der Waals surface area contributed by atoms with Crippen molar-refractivity contribution in [2.45, 2.75) is 64.8 Å². The molecule has 3 nitrogen and oxygen atoms in total. The maximum Gasteiger partial charge on any atom is 0.0676 e. The summed E-state index contributed by atoms with van der Waals surface area (Å²) in [6, 6.07) is 2.66. The number of rotatable bonds is 5. The normalized spacial score (nSPS) is 18.5. The van der Waals surface area contributed by atoms with Crippen LogP contribution in [0.5, 0.6) is 0 Å². The first kappa shape index (κ1) is 14.4. The number of nitrogens with zero attached hydrogens (tertiary/aromatic N) is 2. The third-order valence-electron chi connectivity index (χ3n) is 4.38. The second-order valence-electron chi connectivity index (χ2n) is 5.82. The zero-order valence-corrected chi connectivity index (χ0v) is 12.6. The fourth-order valence-corrected chi connectivity index (χ4v) is 3.27. The maximum absolute atomic E-state index is 4.37. The summed E-state index contributed by atoms with van der Waals surface area (Å²) in [5.41, 5.74) is 3.54. The van der Waals surface area contributed by atoms with Crippen LogP contribution in [0.15, 0.2) is 6.07 Å². The first-order valence-corrected chi connectivity index (χ1v) is 7.75. The molecule has 1 atom stereocenters. The van der Waals surface area contributed by atoms with E-state index in [4.69, 9.17) is 0 Å². The summed E-state index contributed by atoms with van der Waals surface area (Å²) in [6.07, 6.45) is 9.26. The minimum atomic E-state index is 0.437. The van der Waals surface area contributed by atoms with Crippen LogP contribution in [0, 0.1) is 12.8 Å². The molecule has 1 heterocycles. The van der Waals surface area contributed by atoms with Gasteiger partial charge >= 0.3 is 0 Å². The lowest BCUT2D eigenvalue weighted by atomic mass is 9.83. The topological polar surface area (TPSA) is 37.8 Å². The highest BCUT2D eigenvalue weighted by molar-refractivity contribution is 5.24. The molecule has 0 aromatic carbocycles. The minimum absolute atomic E-state index is 0.437. The third kappa shape index (κ3) is 3.75. The lowest BCUT2D eigenvalue weighted by Crippen LogP contribution is -2.23. The Morgan fingerprint density at radius 1 is 1.26 bits per heavy atom. The van der Waals surface area contributed by atoms with Gasteiger partial charge in [-0.15, -0.1) is 0 Å². The van der Waals surface area contributed by atoms with Gasteiger partial charge in [0.1, 0.15) is 0 Å². The van der Waals surface area contributed by atoms with Crippen LogP contribution in [-0.2, 0) is 6.42 Å². The SMILES string of the molecule is CCc1nnc(C)cc1C(CC1CCCCC1)NC. The monoisotopic (exact) mass is 261 g/mol. The molecule has 1 saturated carbocycles. The van der Waals surface area contributed by atoms with Crippen LogP contribution in [0.25, 0.3) is 0 Å². The van der Waals surface area contributed by atoms with Crippen LogP contribution in [-0.4, -0.2) is 17.2 Å². The molecule has 19 heavy (non-hydrogen) atoms. The van der Waals surface area contributed by atoms with Gasteiger partial charge in [-0.25, -0.2) is 0 Å². The molecule has 0 aliphatic heterocycles. The van der Waals surface area contributed by atoms with Gasteiger partial charge in [0.25, 0.3) is 0 Å². The molecule has 1 aliphatic rings. The predicted octanol–water partition coefficient (Wildman–Crippen LogP) is 3.58. The molecule has 0 radical (unpaired) electrons. The highest BCUT2D eigenvalue weighted by Crippen LogP contribution is 2.32.